The van der Waals surface area contributed by atoms with Gasteiger partial charge in [-0.25, -0.2) is 0 Å². The largest absolute Gasteiger partial charge is 0.348 e. The van der Waals surface area contributed by atoms with Gasteiger partial charge < -0.3 is 14.8 Å². The van der Waals surface area contributed by atoms with Crippen LogP contribution < -0.4 is 5.32 Å². The maximum absolute atomic E-state index is 5.74. The second-order valence-electron chi connectivity index (χ2n) is 5.30. The van der Waals surface area contributed by atoms with Gasteiger partial charge in [-0.3, -0.25) is 5.10 Å². The van der Waals surface area contributed by atoms with Crippen LogP contribution in [0.5, 0.6) is 0 Å². The van der Waals surface area contributed by atoms with Gasteiger partial charge in [-0.1, -0.05) is 0 Å². The highest BCUT2D eigenvalue weighted by atomic mass is 16.7. The normalized spacial score (nSPS) is 25.6. The zero-order chi connectivity index (χ0) is 12.4. The Balaban J connectivity index is 1.51. The van der Waals surface area contributed by atoms with Crippen molar-refractivity contribution >= 4 is 0 Å². The van der Waals surface area contributed by atoms with Crippen LogP contribution in [0.25, 0.3) is 0 Å². The molecule has 1 unspecified atom stereocenters. The van der Waals surface area contributed by atoms with Crippen LogP contribution in [0.3, 0.4) is 0 Å². The molecule has 18 heavy (non-hydrogen) atoms. The van der Waals surface area contributed by atoms with Gasteiger partial charge in [0.25, 0.3) is 0 Å². The Bertz CT molecular complexity index is 364. The van der Waals surface area contributed by atoms with Gasteiger partial charge in [0, 0.05) is 36.7 Å². The monoisotopic (exact) mass is 251 g/mol. The molecule has 0 bridgehead atoms. The molecule has 2 N–H and O–H groups in total. The molecule has 2 fully saturated rings. The van der Waals surface area contributed by atoms with E-state index in [0.29, 0.717) is 12.1 Å². The predicted molar refractivity (Wildman–Crippen MR) is 67.0 cm³/mol. The number of rotatable bonds is 3. The summed E-state index contributed by atoms with van der Waals surface area (Å²) in [6.45, 7) is 3.69. The summed E-state index contributed by atoms with van der Waals surface area (Å²) in [6, 6.07) is 0.890. The van der Waals surface area contributed by atoms with E-state index < -0.39 is 0 Å². The van der Waals surface area contributed by atoms with Gasteiger partial charge in [-0.05, 0) is 19.8 Å². The molecule has 1 spiro atoms. The Morgan fingerprint density at radius 2 is 2.11 bits per heavy atom. The van der Waals surface area contributed by atoms with Crippen molar-refractivity contribution in [2.24, 2.45) is 0 Å². The van der Waals surface area contributed by atoms with Crippen molar-refractivity contribution in [3.63, 3.8) is 0 Å². The molecular weight excluding hydrogens is 230 g/mol. The molecule has 1 saturated heterocycles. The van der Waals surface area contributed by atoms with Crippen molar-refractivity contribution in [1.82, 2.24) is 15.5 Å². The molecule has 0 amide bonds. The Hall–Kier alpha value is -0.910. The van der Waals surface area contributed by atoms with E-state index in [1.807, 2.05) is 12.4 Å². The fraction of sp³-hybridized carbons (Fsp3) is 0.769. The van der Waals surface area contributed by atoms with Gasteiger partial charge in [0.2, 0.25) is 0 Å². The third kappa shape index (κ3) is 2.43. The van der Waals surface area contributed by atoms with Crippen LogP contribution in [0.15, 0.2) is 12.4 Å². The van der Waals surface area contributed by atoms with E-state index in [-0.39, 0.29) is 5.79 Å². The minimum atomic E-state index is -0.253. The molecule has 2 aliphatic rings. The molecule has 1 atom stereocenters. The van der Waals surface area contributed by atoms with Gasteiger partial charge in [-0.15, -0.1) is 0 Å². The third-order valence-electron chi connectivity index (χ3n) is 4.07. The minimum absolute atomic E-state index is 0.253. The topological polar surface area (TPSA) is 59.2 Å². The average molecular weight is 251 g/mol. The Kier molecular flexibility index (Phi) is 3.37. The third-order valence-corrected chi connectivity index (χ3v) is 4.07. The smallest absolute Gasteiger partial charge is 0.168 e. The molecule has 1 aromatic rings. The molecule has 3 rings (SSSR count). The van der Waals surface area contributed by atoms with E-state index in [1.54, 1.807) is 0 Å². The lowest BCUT2D eigenvalue weighted by molar-refractivity contribution is -0.179. The highest BCUT2D eigenvalue weighted by Crippen LogP contribution is 2.36. The second-order valence-corrected chi connectivity index (χ2v) is 5.30. The first-order valence-electron chi connectivity index (χ1n) is 6.80. The number of nitrogens with one attached hydrogen (secondary N) is 2. The van der Waals surface area contributed by atoms with E-state index in [2.05, 4.69) is 22.4 Å². The summed E-state index contributed by atoms with van der Waals surface area (Å²) < 4.78 is 11.5. The van der Waals surface area contributed by atoms with Crippen LogP contribution in [0.2, 0.25) is 0 Å². The summed E-state index contributed by atoms with van der Waals surface area (Å²) in [5, 5.41) is 10.5. The van der Waals surface area contributed by atoms with Crippen molar-refractivity contribution in [3.05, 3.63) is 18.0 Å². The van der Waals surface area contributed by atoms with Gasteiger partial charge in [-0.2, -0.15) is 5.10 Å². The fourth-order valence-electron chi connectivity index (χ4n) is 2.96. The van der Waals surface area contributed by atoms with Crippen LogP contribution in [0.1, 0.15) is 44.2 Å². The van der Waals surface area contributed by atoms with Crippen molar-refractivity contribution < 1.29 is 9.47 Å². The minimum Gasteiger partial charge on any atom is -0.348 e. The summed E-state index contributed by atoms with van der Waals surface area (Å²) >= 11 is 0. The molecule has 2 heterocycles. The Morgan fingerprint density at radius 1 is 1.39 bits per heavy atom. The molecule has 100 valence electrons. The lowest BCUT2D eigenvalue weighted by Crippen LogP contribution is -2.42. The van der Waals surface area contributed by atoms with Crippen LogP contribution in [-0.4, -0.2) is 35.2 Å². The molecule has 5 nitrogen and oxygen atoms in total. The molecular formula is C13H21N3O2. The predicted octanol–water partition coefficient (Wildman–Crippen LogP) is 1.75. The standard InChI is InChI=1S/C13H21N3O2/c1-10(11-8-14-15-9-11)16-12-2-4-13(5-3-12)17-6-7-18-13/h8-10,12,16H,2-7H2,1H3,(H,14,15). The van der Waals surface area contributed by atoms with Gasteiger partial charge in [0.15, 0.2) is 5.79 Å². The van der Waals surface area contributed by atoms with Crippen molar-refractivity contribution in [3.8, 4) is 0 Å². The summed E-state index contributed by atoms with van der Waals surface area (Å²) in [5.74, 6) is -0.253. The maximum Gasteiger partial charge on any atom is 0.168 e. The molecule has 1 aliphatic carbocycles. The van der Waals surface area contributed by atoms with Crippen LogP contribution in [0, 0.1) is 0 Å². The fourth-order valence-corrected chi connectivity index (χ4v) is 2.96. The number of hydrogen-bond acceptors (Lipinski definition) is 4. The van der Waals surface area contributed by atoms with Gasteiger partial charge in [0.05, 0.1) is 19.4 Å². The van der Waals surface area contributed by atoms with Gasteiger partial charge in [0.1, 0.15) is 0 Å². The molecule has 1 aromatic heterocycles. The zero-order valence-corrected chi connectivity index (χ0v) is 10.8. The summed E-state index contributed by atoms with van der Waals surface area (Å²) in [7, 11) is 0. The van der Waals surface area contributed by atoms with Crippen LogP contribution in [-0.2, 0) is 9.47 Å². The molecule has 5 heteroatoms. The first-order valence-corrected chi connectivity index (χ1v) is 6.80. The Labute approximate surface area is 107 Å². The Morgan fingerprint density at radius 3 is 2.72 bits per heavy atom. The zero-order valence-electron chi connectivity index (χ0n) is 10.8. The number of H-pyrrole nitrogens is 1. The van der Waals surface area contributed by atoms with E-state index in [1.165, 1.54) is 5.56 Å². The first-order chi connectivity index (χ1) is 8.77. The number of nitrogens with zero attached hydrogens (tertiary/aromatic N) is 1. The van der Waals surface area contributed by atoms with E-state index in [0.717, 1.165) is 38.9 Å². The van der Waals surface area contributed by atoms with E-state index in [4.69, 9.17) is 9.47 Å². The number of hydrogen-bond donors (Lipinski definition) is 2. The van der Waals surface area contributed by atoms with Crippen molar-refractivity contribution in [1.29, 1.82) is 0 Å². The number of aromatic nitrogens is 2. The number of aromatic amines is 1. The quantitative estimate of drug-likeness (QED) is 0.859. The van der Waals surface area contributed by atoms with Crippen LogP contribution >= 0.6 is 0 Å². The SMILES string of the molecule is CC(NC1CCC2(CC1)OCCO2)c1cn[nH]c1. The molecule has 1 saturated carbocycles. The van der Waals surface area contributed by atoms with E-state index >= 15 is 0 Å². The highest BCUT2D eigenvalue weighted by Gasteiger charge is 2.40. The number of ether oxygens (including phenoxy) is 2. The summed E-state index contributed by atoms with van der Waals surface area (Å²) in [4.78, 5) is 0. The van der Waals surface area contributed by atoms with Crippen LogP contribution in [0.4, 0.5) is 0 Å². The van der Waals surface area contributed by atoms with Crippen molar-refractivity contribution in [2.75, 3.05) is 13.2 Å². The van der Waals surface area contributed by atoms with Gasteiger partial charge >= 0.3 is 0 Å². The summed E-state index contributed by atoms with van der Waals surface area (Å²) in [5.41, 5.74) is 1.21. The second kappa shape index (κ2) is 4.99. The molecule has 0 aromatic carbocycles. The van der Waals surface area contributed by atoms with E-state index in [9.17, 15) is 0 Å². The highest BCUT2D eigenvalue weighted by molar-refractivity contribution is 5.08. The summed E-state index contributed by atoms with van der Waals surface area (Å²) in [6.07, 6.45) is 8.06. The molecule has 1 aliphatic heterocycles. The molecule has 0 radical (unpaired) electrons. The lowest BCUT2D eigenvalue weighted by atomic mass is 9.89. The average Bonchev–Trinajstić information content (AvgIpc) is 3.04. The maximum atomic E-state index is 5.74. The van der Waals surface area contributed by atoms with Crippen molar-refractivity contribution in [2.45, 2.75) is 50.5 Å². The first kappa shape index (κ1) is 12.1. The lowest BCUT2D eigenvalue weighted by Gasteiger charge is -2.36.